The molecule has 2 N–H and O–H groups in total. The van der Waals surface area contributed by atoms with E-state index in [0.29, 0.717) is 11.4 Å². The van der Waals surface area contributed by atoms with Crippen LogP contribution in [0.3, 0.4) is 0 Å². The molecule has 0 unspecified atom stereocenters. The summed E-state index contributed by atoms with van der Waals surface area (Å²) in [5, 5.41) is 5.80. The zero-order valence-corrected chi connectivity index (χ0v) is 13.4. The van der Waals surface area contributed by atoms with E-state index < -0.39 is 0 Å². The third kappa shape index (κ3) is 3.22. The highest BCUT2D eigenvalue weighted by Gasteiger charge is 2.07. The van der Waals surface area contributed by atoms with Crippen molar-refractivity contribution in [3.8, 4) is 22.7 Å². The third-order valence-electron chi connectivity index (χ3n) is 3.57. The van der Waals surface area contributed by atoms with Gasteiger partial charge < -0.3 is 10.1 Å². The van der Waals surface area contributed by atoms with Crippen molar-refractivity contribution >= 4 is 11.6 Å². The van der Waals surface area contributed by atoms with E-state index in [9.17, 15) is 9.59 Å². The second kappa shape index (κ2) is 6.45. The highest BCUT2D eigenvalue weighted by Crippen LogP contribution is 2.20. The van der Waals surface area contributed by atoms with Crippen LogP contribution in [0.4, 0.5) is 5.69 Å². The van der Waals surface area contributed by atoms with E-state index in [-0.39, 0.29) is 11.5 Å². The number of methoxy groups -OCH3 is 1. The Morgan fingerprint density at radius 3 is 2.33 bits per heavy atom. The van der Waals surface area contributed by atoms with Crippen molar-refractivity contribution in [3.63, 3.8) is 0 Å². The van der Waals surface area contributed by atoms with Crippen LogP contribution in [0, 0.1) is 0 Å². The number of hydrogen-bond donors (Lipinski definition) is 2. The molecule has 1 amide bonds. The van der Waals surface area contributed by atoms with Crippen LogP contribution in [0.5, 0.6) is 5.75 Å². The van der Waals surface area contributed by atoms with Crippen LogP contribution in [0.1, 0.15) is 6.92 Å². The summed E-state index contributed by atoms with van der Waals surface area (Å²) in [4.78, 5) is 23.3. The zero-order chi connectivity index (χ0) is 17.1. The number of aromatic nitrogens is 2. The Hall–Kier alpha value is -3.28. The Balaban J connectivity index is 1.90. The molecule has 122 valence electrons. The summed E-state index contributed by atoms with van der Waals surface area (Å²) in [6, 6.07) is 16.0. The van der Waals surface area contributed by atoms with Gasteiger partial charge in [0.2, 0.25) is 5.91 Å². The van der Waals surface area contributed by atoms with Crippen molar-refractivity contribution in [1.82, 2.24) is 9.78 Å². The fourth-order valence-corrected chi connectivity index (χ4v) is 2.40. The summed E-state index contributed by atoms with van der Waals surface area (Å²) in [6.07, 6.45) is 0. The molecule has 0 saturated heterocycles. The van der Waals surface area contributed by atoms with Crippen LogP contribution in [0.15, 0.2) is 59.4 Å². The Kier molecular flexibility index (Phi) is 4.20. The molecule has 3 rings (SSSR count). The Labute approximate surface area is 138 Å². The smallest absolute Gasteiger partial charge is 0.271 e. The first-order chi connectivity index (χ1) is 11.6. The highest BCUT2D eigenvalue weighted by atomic mass is 16.5. The molecule has 0 radical (unpaired) electrons. The predicted octanol–water partition coefficient (Wildman–Crippen LogP) is 2.80. The average molecular weight is 323 g/mol. The number of aromatic amines is 1. The lowest BCUT2D eigenvalue weighted by atomic mass is 10.1. The number of carbonyl (C=O) groups excluding carboxylic acids is 1. The van der Waals surface area contributed by atoms with Gasteiger partial charge >= 0.3 is 0 Å². The number of H-pyrrole nitrogens is 1. The van der Waals surface area contributed by atoms with Gasteiger partial charge in [0.1, 0.15) is 5.75 Å². The van der Waals surface area contributed by atoms with Crippen molar-refractivity contribution in [2.75, 3.05) is 12.4 Å². The molecule has 0 aliphatic rings. The lowest BCUT2D eigenvalue weighted by molar-refractivity contribution is -0.114. The van der Waals surface area contributed by atoms with Crippen LogP contribution < -0.4 is 15.6 Å². The number of carbonyl (C=O) groups is 1. The van der Waals surface area contributed by atoms with Gasteiger partial charge in [-0.3, -0.25) is 14.7 Å². The highest BCUT2D eigenvalue weighted by molar-refractivity contribution is 5.88. The van der Waals surface area contributed by atoms with E-state index >= 15 is 0 Å². The minimum absolute atomic E-state index is 0.123. The fourth-order valence-electron chi connectivity index (χ4n) is 2.40. The van der Waals surface area contributed by atoms with Crippen molar-refractivity contribution in [1.29, 1.82) is 0 Å². The minimum atomic E-state index is -0.152. The summed E-state index contributed by atoms with van der Waals surface area (Å²) < 4.78 is 6.59. The van der Waals surface area contributed by atoms with Gasteiger partial charge in [0.05, 0.1) is 18.5 Å². The molecule has 1 heterocycles. The maximum absolute atomic E-state index is 12.2. The lowest BCUT2D eigenvalue weighted by Gasteiger charge is -2.05. The number of hydrogen-bond acceptors (Lipinski definition) is 3. The number of nitrogens with zero attached hydrogens (tertiary/aromatic N) is 1. The first kappa shape index (κ1) is 15.6. The molecule has 3 aromatic rings. The molecule has 1 aromatic heterocycles. The van der Waals surface area contributed by atoms with Gasteiger partial charge in [-0.2, -0.15) is 0 Å². The summed E-state index contributed by atoms with van der Waals surface area (Å²) in [5.74, 6) is 0.606. The molecule has 0 bridgehead atoms. The maximum Gasteiger partial charge on any atom is 0.271 e. The Morgan fingerprint density at radius 1 is 1.08 bits per heavy atom. The molecule has 6 nitrogen and oxygen atoms in total. The molecule has 0 aliphatic heterocycles. The summed E-state index contributed by atoms with van der Waals surface area (Å²) in [7, 11) is 1.60. The molecule has 2 aromatic carbocycles. The van der Waals surface area contributed by atoms with E-state index in [1.807, 2.05) is 12.1 Å². The van der Waals surface area contributed by atoms with Crippen molar-refractivity contribution in [3.05, 3.63) is 65.0 Å². The van der Waals surface area contributed by atoms with Crippen LogP contribution in [-0.2, 0) is 4.79 Å². The topological polar surface area (TPSA) is 76.1 Å². The van der Waals surface area contributed by atoms with Crippen molar-refractivity contribution in [2.45, 2.75) is 6.92 Å². The van der Waals surface area contributed by atoms with Crippen molar-refractivity contribution < 1.29 is 9.53 Å². The molecule has 0 atom stereocenters. The first-order valence-electron chi connectivity index (χ1n) is 7.41. The van der Waals surface area contributed by atoms with E-state index in [1.165, 1.54) is 17.7 Å². The first-order valence-corrected chi connectivity index (χ1v) is 7.41. The quantitative estimate of drug-likeness (QED) is 0.775. The van der Waals surface area contributed by atoms with E-state index in [2.05, 4.69) is 10.4 Å². The number of benzene rings is 2. The van der Waals surface area contributed by atoms with Gasteiger partial charge in [-0.15, -0.1) is 0 Å². The van der Waals surface area contributed by atoms with Gasteiger partial charge in [0.15, 0.2) is 0 Å². The summed E-state index contributed by atoms with van der Waals surface area (Å²) in [5.41, 5.74) is 2.84. The van der Waals surface area contributed by atoms with Gasteiger partial charge in [-0.1, -0.05) is 12.1 Å². The molecule has 0 saturated carbocycles. The molecule has 0 fully saturated rings. The van der Waals surface area contributed by atoms with Gasteiger partial charge in [0.25, 0.3) is 5.56 Å². The normalized spacial score (nSPS) is 10.4. The molecular weight excluding hydrogens is 306 g/mol. The lowest BCUT2D eigenvalue weighted by Crippen LogP contribution is -2.13. The maximum atomic E-state index is 12.2. The second-order valence-electron chi connectivity index (χ2n) is 5.30. The zero-order valence-electron chi connectivity index (χ0n) is 13.4. The van der Waals surface area contributed by atoms with E-state index in [0.717, 1.165) is 17.0 Å². The number of anilines is 1. The Bertz CT molecular complexity index is 906. The number of rotatable bonds is 4. The molecule has 0 aliphatic carbocycles. The van der Waals surface area contributed by atoms with Crippen molar-refractivity contribution in [2.24, 2.45) is 0 Å². The number of ether oxygens (including phenoxy) is 1. The predicted molar refractivity (Wildman–Crippen MR) is 92.7 cm³/mol. The minimum Gasteiger partial charge on any atom is -0.497 e. The van der Waals surface area contributed by atoms with Crippen LogP contribution >= 0.6 is 0 Å². The SMILES string of the molecule is COc1ccc(-n2[nH]c(-c3ccc(NC(C)=O)cc3)cc2=O)cc1. The third-order valence-corrected chi connectivity index (χ3v) is 3.57. The molecular formula is C18H17N3O3. The van der Waals surface area contributed by atoms with E-state index in [4.69, 9.17) is 4.74 Å². The van der Waals surface area contributed by atoms with Gasteiger partial charge in [-0.05, 0) is 42.0 Å². The van der Waals surface area contributed by atoms with Crippen LogP contribution in [0.2, 0.25) is 0 Å². The van der Waals surface area contributed by atoms with E-state index in [1.54, 1.807) is 43.5 Å². The molecule has 0 spiro atoms. The fraction of sp³-hybridized carbons (Fsp3) is 0.111. The summed E-state index contributed by atoms with van der Waals surface area (Å²) in [6.45, 7) is 1.46. The average Bonchev–Trinajstić information content (AvgIpc) is 2.97. The monoisotopic (exact) mass is 323 g/mol. The second-order valence-corrected chi connectivity index (χ2v) is 5.30. The number of amides is 1. The van der Waals surface area contributed by atoms with Gasteiger partial charge in [-0.25, -0.2) is 4.68 Å². The van der Waals surface area contributed by atoms with Crippen LogP contribution in [0.25, 0.3) is 16.9 Å². The number of nitrogens with one attached hydrogen (secondary N) is 2. The van der Waals surface area contributed by atoms with Crippen LogP contribution in [-0.4, -0.2) is 22.8 Å². The largest absolute Gasteiger partial charge is 0.497 e. The summed E-state index contributed by atoms with van der Waals surface area (Å²) >= 11 is 0. The standard InChI is InChI=1S/C18H17N3O3/c1-12(22)19-14-5-3-13(4-6-14)17-11-18(23)21(20-17)15-7-9-16(24-2)10-8-15/h3-11,20H,1-2H3,(H,19,22). The molecule has 24 heavy (non-hydrogen) atoms. The van der Waals surface area contributed by atoms with Gasteiger partial charge in [0, 0.05) is 18.7 Å². The molecule has 6 heteroatoms. The Morgan fingerprint density at radius 2 is 1.75 bits per heavy atom.